The monoisotopic (exact) mass is 256 g/mol. The molecular weight excluding hydrogens is 248 g/mol. The summed E-state index contributed by atoms with van der Waals surface area (Å²) in [6, 6.07) is 3.24. The van der Waals surface area contributed by atoms with Crippen molar-refractivity contribution in [3.8, 4) is 0 Å². The number of aliphatic imine (C=N–C) groups is 1. The first-order valence-corrected chi connectivity index (χ1v) is 4.82. The van der Waals surface area contributed by atoms with Crippen LogP contribution in [0.15, 0.2) is 35.3 Å². The van der Waals surface area contributed by atoms with Gasteiger partial charge in [0.15, 0.2) is 6.26 Å². The summed E-state index contributed by atoms with van der Waals surface area (Å²) in [5.74, 6) is -0.354. The summed E-state index contributed by atoms with van der Waals surface area (Å²) < 4.78 is 0. The Hall–Kier alpha value is -2.15. The standard InChI is InChI=1S/C9H9ClN4O3/c10-8-2-1-6(3-12-8)4-13-9(11)7(5-15)14(16)17/h1-3,5,15H,4H2,(H2,11,13). The molecule has 0 saturated carbocycles. The number of hydrogen-bond donors (Lipinski definition) is 2. The predicted octanol–water partition coefficient (Wildman–Crippen LogP) is 1.27. The lowest BCUT2D eigenvalue weighted by Crippen LogP contribution is -2.20. The van der Waals surface area contributed by atoms with E-state index in [1.807, 2.05) is 0 Å². The molecule has 0 atom stereocenters. The molecule has 1 rings (SSSR count). The number of nitrogens with two attached hydrogens (primary N) is 1. The van der Waals surface area contributed by atoms with Crippen molar-refractivity contribution in [2.24, 2.45) is 10.7 Å². The predicted molar refractivity (Wildman–Crippen MR) is 62.3 cm³/mol. The Morgan fingerprint density at radius 1 is 1.71 bits per heavy atom. The summed E-state index contributed by atoms with van der Waals surface area (Å²) in [5.41, 5.74) is 5.39. The molecule has 0 aromatic carbocycles. The van der Waals surface area contributed by atoms with Crippen LogP contribution in [0.1, 0.15) is 5.56 Å². The van der Waals surface area contributed by atoms with Gasteiger partial charge in [0.05, 0.1) is 11.5 Å². The third kappa shape index (κ3) is 3.72. The van der Waals surface area contributed by atoms with Gasteiger partial charge in [0.2, 0.25) is 5.84 Å². The van der Waals surface area contributed by atoms with E-state index in [4.69, 9.17) is 22.4 Å². The van der Waals surface area contributed by atoms with Crippen LogP contribution in [0.5, 0.6) is 0 Å². The Morgan fingerprint density at radius 2 is 2.41 bits per heavy atom. The molecule has 90 valence electrons. The normalized spacial score (nSPS) is 12.5. The van der Waals surface area contributed by atoms with E-state index in [0.29, 0.717) is 17.0 Å². The van der Waals surface area contributed by atoms with Crippen molar-refractivity contribution in [1.29, 1.82) is 0 Å². The summed E-state index contributed by atoms with van der Waals surface area (Å²) >= 11 is 5.59. The zero-order valence-corrected chi connectivity index (χ0v) is 9.33. The van der Waals surface area contributed by atoms with Crippen molar-refractivity contribution in [1.82, 2.24) is 4.98 Å². The van der Waals surface area contributed by atoms with Gasteiger partial charge in [-0.05, 0) is 11.6 Å². The number of pyridine rings is 1. The molecule has 7 nitrogen and oxygen atoms in total. The molecule has 0 unspecified atom stereocenters. The van der Waals surface area contributed by atoms with Crippen LogP contribution in [0, 0.1) is 10.1 Å². The number of nitrogens with zero attached hydrogens (tertiary/aromatic N) is 3. The van der Waals surface area contributed by atoms with Gasteiger partial charge in [0, 0.05) is 6.20 Å². The van der Waals surface area contributed by atoms with Gasteiger partial charge >= 0.3 is 5.70 Å². The highest BCUT2D eigenvalue weighted by Gasteiger charge is 2.15. The zero-order chi connectivity index (χ0) is 12.8. The van der Waals surface area contributed by atoms with E-state index in [0.717, 1.165) is 0 Å². The van der Waals surface area contributed by atoms with E-state index < -0.39 is 10.6 Å². The minimum absolute atomic E-state index is 0.112. The molecule has 8 heteroatoms. The van der Waals surface area contributed by atoms with Crippen LogP contribution in [0.2, 0.25) is 5.15 Å². The highest BCUT2D eigenvalue weighted by atomic mass is 35.5. The molecule has 0 fully saturated rings. The van der Waals surface area contributed by atoms with Crippen molar-refractivity contribution >= 4 is 17.4 Å². The van der Waals surface area contributed by atoms with Gasteiger partial charge in [0.25, 0.3) is 0 Å². The summed E-state index contributed by atoms with van der Waals surface area (Å²) in [6.07, 6.45) is 1.78. The molecule has 1 aromatic rings. The molecule has 1 aromatic heterocycles. The summed E-state index contributed by atoms with van der Waals surface area (Å²) in [4.78, 5) is 17.2. The number of rotatable bonds is 4. The summed E-state index contributed by atoms with van der Waals surface area (Å²) in [5, 5.41) is 19.4. The molecule has 3 N–H and O–H groups in total. The highest BCUT2D eigenvalue weighted by molar-refractivity contribution is 6.29. The van der Waals surface area contributed by atoms with Crippen molar-refractivity contribution < 1.29 is 10.0 Å². The fourth-order valence-corrected chi connectivity index (χ4v) is 1.08. The van der Waals surface area contributed by atoms with Crippen LogP contribution < -0.4 is 5.73 Å². The van der Waals surface area contributed by atoms with E-state index >= 15 is 0 Å². The first-order valence-electron chi connectivity index (χ1n) is 4.44. The van der Waals surface area contributed by atoms with Gasteiger partial charge in [-0.3, -0.25) is 15.1 Å². The topological polar surface area (TPSA) is 115 Å². The number of hydrogen-bond acceptors (Lipinski definition) is 5. The number of aliphatic hydroxyl groups excluding tert-OH is 1. The lowest BCUT2D eigenvalue weighted by Gasteiger charge is -1.98. The largest absolute Gasteiger partial charge is 0.509 e. The third-order valence-electron chi connectivity index (χ3n) is 1.80. The Balaban J connectivity index is 2.77. The van der Waals surface area contributed by atoms with Crippen molar-refractivity contribution in [3.05, 3.63) is 51.1 Å². The van der Waals surface area contributed by atoms with Crippen molar-refractivity contribution in [2.75, 3.05) is 0 Å². The van der Waals surface area contributed by atoms with Gasteiger partial charge < -0.3 is 10.8 Å². The molecule has 0 aliphatic carbocycles. The first-order chi connectivity index (χ1) is 8.04. The molecule has 0 aliphatic heterocycles. The second kappa shape index (κ2) is 5.80. The summed E-state index contributed by atoms with van der Waals surface area (Å²) in [6.45, 7) is 0.112. The maximum Gasteiger partial charge on any atom is 0.344 e. The second-order valence-corrected chi connectivity index (χ2v) is 3.35. The molecule has 0 radical (unpaired) electrons. The Kier molecular flexibility index (Phi) is 4.41. The second-order valence-electron chi connectivity index (χ2n) is 2.96. The van der Waals surface area contributed by atoms with E-state index in [1.165, 1.54) is 6.20 Å². The van der Waals surface area contributed by atoms with E-state index in [-0.39, 0.29) is 12.4 Å². The van der Waals surface area contributed by atoms with Gasteiger partial charge in [-0.15, -0.1) is 0 Å². The minimum atomic E-state index is -0.820. The fraction of sp³-hybridized carbons (Fsp3) is 0.111. The lowest BCUT2D eigenvalue weighted by molar-refractivity contribution is -0.416. The Bertz CT molecular complexity index is 470. The molecule has 17 heavy (non-hydrogen) atoms. The van der Waals surface area contributed by atoms with Crippen molar-refractivity contribution in [2.45, 2.75) is 6.54 Å². The van der Waals surface area contributed by atoms with Crippen LogP contribution in [0.25, 0.3) is 0 Å². The van der Waals surface area contributed by atoms with E-state index in [2.05, 4.69) is 9.98 Å². The SMILES string of the molecule is NC(=NCc1ccc(Cl)nc1)C(=CO)[N+](=O)[O-]. The van der Waals surface area contributed by atoms with Crippen LogP contribution in [-0.2, 0) is 6.54 Å². The van der Waals surface area contributed by atoms with Gasteiger partial charge in [-0.1, -0.05) is 17.7 Å². The minimum Gasteiger partial charge on any atom is -0.509 e. The smallest absolute Gasteiger partial charge is 0.344 e. The number of nitro groups is 1. The van der Waals surface area contributed by atoms with Crippen molar-refractivity contribution in [3.63, 3.8) is 0 Å². The van der Waals surface area contributed by atoms with Crippen LogP contribution in [0.3, 0.4) is 0 Å². The highest BCUT2D eigenvalue weighted by Crippen LogP contribution is 2.06. The molecule has 0 aliphatic rings. The average molecular weight is 257 g/mol. The van der Waals surface area contributed by atoms with Crippen LogP contribution >= 0.6 is 11.6 Å². The number of aromatic nitrogens is 1. The third-order valence-corrected chi connectivity index (χ3v) is 2.03. The quantitative estimate of drug-likeness (QED) is 0.210. The van der Waals surface area contributed by atoms with Gasteiger partial charge in [-0.25, -0.2) is 4.98 Å². The molecule has 1 heterocycles. The summed E-state index contributed by atoms with van der Waals surface area (Å²) in [7, 11) is 0. The fourth-order valence-electron chi connectivity index (χ4n) is 0.964. The molecule has 0 spiro atoms. The number of halogens is 1. The lowest BCUT2D eigenvalue weighted by atomic mass is 10.3. The average Bonchev–Trinajstić information content (AvgIpc) is 2.28. The Labute approximate surface area is 101 Å². The van der Waals surface area contributed by atoms with E-state index in [9.17, 15) is 10.1 Å². The Morgan fingerprint density at radius 3 is 2.88 bits per heavy atom. The maximum absolute atomic E-state index is 10.4. The molecular formula is C9H9ClN4O3. The zero-order valence-electron chi connectivity index (χ0n) is 8.58. The maximum atomic E-state index is 10.4. The molecule has 0 saturated heterocycles. The first kappa shape index (κ1) is 12.9. The van der Waals surface area contributed by atoms with E-state index in [1.54, 1.807) is 12.1 Å². The molecule has 0 amide bonds. The van der Waals surface area contributed by atoms with Gasteiger partial charge in [-0.2, -0.15) is 0 Å². The molecule has 0 bridgehead atoms. The van der Waals surface area contributed by atoms with Crippen LogP contribution in [-0.4, -0.2) is 20.8 Å². The number of amidine groups is 1. The van der Waals surface area contributed by atoms with Crippen LogP contribution in [0.4, 0.5) is 0 Å². The van der Waals surface area contributed by atoms with Gasteiger partial charge in [0.1, 0.15) is 5.15 Å². The number of aliphatic hydroxyl groups is 1.